The molecule has 0 spiro atoms. The Balaban J connectivity index is 2.54. The Hall–Kier alpha value is -1.55. The van der Waals surface area contributed by atoms with E-state index in [0.717, 1.165) is 16.5 Å². The molecule has 0 atom stereocenters. The molecule has 0 aliphatic rings. The number of carbonyl (C=O) groups is 1. The van der Waals surface area contributed by atoms with Crippen LogP contribution in [0.4, 0.5) is 0 Å². The molecule has 0 amide bonds. The highest BCUT2D eigenvalue weighted by Gasteiger charge is 2.08. The van der Waals surface area contributed by atoms with Crippen molar-refractivity contribution < 1.29 is 9.90 Å². The van der Waals surface area contributed by atoms with Crippen LogP contribution >= 0.6 is 11.6 Å². The monoisotopic (exact) mass is 224 g/mol. The third kappa shape index (κ3) is 1.80. The molecule has 1 aromatic heterocycles. The van der Waals surface area contributed by atoms with E-state index < -0.39 is 5.97 Å². The van der Waals surface area contributed by atoms with Gasteiger partial charge in [0.25, 0.3) is 0 Å². The highest BCUT2D eigenvalue weighted by atomic mass is 35.5. The van der Waals surface area contributed by atoms with Crippen molar-refractivity contribution in [3.05, 3.63) is 28.9 Å². The minimum Gasteiger partial charge on any atom is -0.481 e. The Morgan fingerprint density at radius 3 is 3.00 bits per heavy atom. The van der Waals surface area contributed by atoms with Crippen LogP contribution in [0.2, 0.25) is 5.15 Å². The Morgan fingerprint density at radius 2 is 2.33 bits per heavy atom. The maximum atomic E-state index is 10.5. The SMILES string of the molecule is Cn1nc2ccc(CC(=O)O)cc2c1Cl. The first-order valence-corrected chi connectivity index (χ1v) is 4.78. The van der Waals surface area contributed by atoms with Gasteiger partial charge in [0, 0.05) is 12.4 Å². The Morgan fingerprint density at radius 1 is 1.60 bits per heavy atom. The second-order valence-corrected chi connectivity index (χ2v) is 3.69. The van der Waals surface area contributed by atoms with Gasteiger partial charge in [-0.3, -0.25) is 9.48 Å². The third-order valence-corrected chi connectivity index (χ3v) is 2.63. The fraction of sp³-hybridized carbons (Fsp3) is 0.200. The summed E-state index contributed by atoms with van der Waals surface area (Å²) in [5, 5.41) is 14.1. The largest absolute Gasteiger partial charge is 0.481 e. The molecule has 0 fully saturated rings. The molecule has 4 nitrogen and oxygen atoms in total. The number of fused-ring (bicyclic) bond motifs is 1. The molecule has 1 aromatic carbocycles. The first kappa shape index (κ1) is 9.98. The zero-order chi connectivity index (χ0) is 11.0. The van der Waals surface area contributed by atoms with Crippen LogP contribution in [0.15, 0.2) is 18.2 Å². The quantitative estimate of drug-likeness (QED) is 0.847. The van der Waals surface area contributed by atoms with Crippen molar-refractivity contribution in [2.24, 2.45) is 7.05 Å². The minimum absolute atomic E-state index is 0.00115. The highest BCUT2D eigenvalue weighted by Crippen LogP contribution is 2.23. The van der Waals surface area contributed by atoms with Crippen LogP contribution in [0.25, 0.3) is 10.9 Å². The lowest BCUT2D eigenvalue weighted by Crippen LogP contribution is -1.99. The zero-order valence-corrected chi connectivity index (χ0v) is 8.82. The number of carboxylic acids is 1. The maximum Gasteiger partial charge on any atom is 0.307 e. The minimum atomic E-state index is -0.852. The zero-order valence-electron chi connectivity index (χ0n) is 8.07. The van der Waals surface area contributed by atoms with E-state index in [9.17, 15) is 4.79 Å². The van der Waals surface area contributed by atoms with Crippen LogP contribution in [0, 0.1) is 0 Å². The van der Waals surface area contributed by atoms with Gasteiger partial charge in [0.05, 0.1) is 11.9 Å². The predicted molar refractivity (Wildman–Crippen MR) is 57.1 cm³/mol. The number of aliphatic carboxylic acids is 1. The molecule has 0 bridgehead atoms. The van der Waals surface area contributed by atoms with Crippen molar-refractivity contribution in [3.8, 4) is 0 Å². The van der Waals surface area contributed by atoms with Crippen LogP contribution in [0.1, 0.15) is 5.56 Å². The molecule has 2 rings (SSSR count). The van der Waals surface area contributed by atoms with E-state index >= 15 is 0 Å². The van der Waals surface area contributed by atoms with Crippen LogP contribution in [-0.2, 0) is 18.3 Å². The van der Waals surface area contributed by atoms with Crippen LogP contribution in [0.3, 0.4) is 0 Å². The molecule has 0 unspecified atom stereocenters. The standard InChI is InChI=1S/C10H9ClN2O2/c1-13-10(11)7-4-6(5-9(14)15)2-3-8(7)12-13/h2-4H,5H2,1H3,(H,14,15). The molecule has 2 aromatic rings. The summed E-state index contributed by atoms with van der Waals surface area (Å²) >= 11 is 6.00. The number of carboxylic acid groups (broad SMARTS) is 1. The number of hydrogen-bond acceptors (Lipinski definition) is 2. The van der Waals surface area contributed by atoms with Crippen molar-refractivity contribution in [1.29, 1.82) is 0 Å². The lowest BCUT2D eigenvalue weighted by molar-refractivity contribution is -0.136. The third-order valence-electron chi connectivity index (χ3n) is 2.18. The molecule has 0 saturated heterocycles. The second kappa shape index (κ2) is 3.55. The summed E-state index contributed by atoms with van der Waals surface area (Å²) in [5.74, 6) is -0.852. The molecule has 0 aliphatic heterocycles. The molecule has 78 valence electrons. The molecular formula is C10H9ClN2O2. The van der Waals surface area contributed by atoms with Crippen LogP contribution < -0.4 is 0 Å². The summed E-state index contributed by atoms with van der Waals surface area (Å²) in [6.07, 6.45) is 0.00115. The van der Waals surface area contributed by atoms with Gasteiger partial charge in [-0.1, -0.05) is 17.7 Å². The van der Waals surface area contributed by atoms with E-state index in [1.54, 1.807) is 29.9 Å². The van der Waals surface area contributed by atoms with Crippen molar-refractivity contribution in [2.75, 3.05) is 0 Å². The first-order chi connectivity index (χ1) is 7.08. The molecule has 15 heavy (non-hydrogen) atoms. The number of nitrogens with zero attached hydrogens (tertiary/aromatic N) is 2. The van der Waals surface area contributed by atoms with Gasteiger partial charge < -0.3 is 5.11 Å². The number of aromatic nitrogens is 2. The Bertz CT molecular complexity index is 533. The summed E-state index contributed by atoms with van der Waals surface area (Å²) in [6.45, 7) is 0. The van der Waals surface area contributed by atoms with E-state index in [-0.39, 0.29) is 6.42 Å². The fourth-order valence-electron chi connectivity index (χ4n) is 1.50. The maximum absolute atomic E-state index is 10.5. The smallest absolute Gasteiger partial charge is 0.307 e. The Kier molecular flexibility index (Phi) is 2.36. The van der Waals surface area contributed by atoms with E-state index in [4.69, 9.17) is 16.7 Å². The van der Waals surface area contributed by atoms with E-state index in [0.29, 0.717) is 5.15 Å². The number of aryl methyl sites for hydroxylation is 1. The fourth-order valence-corrected chi connectivity index (χ4v) is 1.69. The number of benzene rings is 1. The first-order valence-electron chi connectivity index (χ1n) is 4.41. The average molecular weight is 225 g/mol. The molecule has 0 saturated carbocycles. The topological polar surface area (TPSA) is 55.1 Å². The summed E-state index contributed by atoms with van der Waals surface area (Å²) < 4.78 is 1.57. The summed E-state index contributed by atoms with van der Waals surface area (Å²) in [5.41, 5.74) is 1.50. The predicted octanol–water partition coefficient (Wildman–Crippen LogP) is 1.85. The van der Waals surface area contributed by atoms with Gasteiger partial charge in [-0.2, -0.15) is 5.10 Å². The van der Waals surface area contributed by atoms with Crippen molar-refractivity contribution in [2.45, 2.75) is 6.42 Å². The van der Waals surface area contributed by atoms with Gasteiger partial charge in [-0.25, -0.2) is 0 Å². The van der Waals surface area contributed by atoms with Gasteiger partial charge >= 0.3 is 5.97 Å². The summed E-state index contributed by atoms with van der Waals surface area (Å²) in [6, 6.07) is 5.29. The van der Waals surface area contributed by atoms with Gasteiger partial charge in [0.2, 0.25) is 0 Å². The average Bonchev–Trinajstić information content (AvgIpc) is 2.43. The van der Waals surface area contributed by atoms with Crippen molar-refractivity contribution >= 4 is 28.5 Å². The Labute approximate surface area is 91.1 Å². The van der Waals surface area contributed by atoms with Gasteiger partial charge in [-0.15, -0.1) is 0 Å². The number of hydrogen-bond donors (Lipinski definition) is 1. The van der Waals surface area contributed by atoms with Crippen LogP contribution in [-0.4, -0.2) is 20.9 Å². The lowest BCUT2D eigenvalue weighted by Gasteiger charge is -1.96. The summed E-state index contributed by atoms with van der Waals surface area (Å²) in [7, 11) is 1.75. The van der Waals surface area contributed by atoms with Crippen LogP contribution in [0.5, 0.6) is 0 Å². The molecule has 1 heterocycles. The molecule has 0 radical (unpaired) electrons. The highest BCUT2D eigenvalue weighted by molar-refractivity contribution is 6.34. The van der Waals surface area contributed by atoms with Gasteiger partial charge in [0.15, 0.2) is 0 Å². The van der Waals surface area contributed by atoms with E-state index in [1.165, 1.54) is 0 Å². The van der Waals surface area contributed by atoms with Crippen molar-refractivity contribution in [3.63, 3.8) is 0 Å². The molecule has 1 N–H and O–H groups in total. The number of rotatable bonds is 2. The van der Waals surface area contributed by atoms with Gasteiger partial charge in [0.1, 0.15) is 5.15 Å². The second-order valence-electron chi connectivity index (χ2n) is 3.34. The molecular weight excluding hydrogens is 216 g/mol. The molecule has 0 aliphatic carbocycles. The lowest BCUT2D eigenvalue weighted by atomic mass is 10.1. The number of halogens is 1. The normalized spacial score (nSPS) is 10.8. The van der Waals surface area contributed by atoms with E-state index in [2.05, 4.69) is 5.10 Å². The summed E-state index contributed by atoms with van der Waals surface area (Å²) in [4.78, 5) is 10.5. The van der Waals surface area contributed by atoms with Gasteiger partial charge in [-0.05, 0) is 17.7 Å². The van der Waals surface area contributed by atoms with Crippen molar-refractivity contribution in [1.82, 2.24) is 9.78 Å². The van der Waals surface area contributed by atoms with E-state index in [1.807, 2.05) is 0 Å². The molecule has 5 heteroatoms.